The average molecular weight is 349 g/mol. The van der Waals surface area contributed by atoms with E-state index >= 15 is 0 Å². The normalized spacial score (nSPS) is 10.5. The zero-order valence-corrected chi connectivity index (χ0v) is 11.7. The Hall–Kier alpha value is -1.54. The molecular formula is C11H7BrF2N2O2S. The van der Waals surface area contributed by atoms with Crippen LogP contribution in [0, 0.1) is 21.7 Å². The van der Waals surface area contributed by atoms with Crippen LogP contribution in [0.4, 0.5) is 20.2 Å². The summed E-state index contributed by atoms with van der Waals surface area (Å²) in [5, 5.41) is 13.3. The fourth-order valence-corrected chi connectivity index (χ4v) is 2.86. The second-order valence-corrected chi connectivity index (χ2v) is 6.15. The van der Waals surface area contributed by atoms with Crippen molar-refractivity contribution >= 4 is 38.6 Å². The Morgan fingerprint density at radius 3 is 2.63 bits per heavy atom. The van der Waals surface area contributed by atoms with Gasteiger partial charge in [-0.05, 0) is 28.1 Å². The van der Waals surface area contributed by atoms with E-state index in [1.807, 2.05) is 12.1 Å². The minimum atomic E-state index is -1.19. The third-order valence-electron chi connectivity index (χ3n) is 2.32. The van der Waals surface area contributed by atoms with Gasteiger partial charge in [0.1, 0.15) is 5.82 Å². The number of hydrogen-bond acceptors (Lipinski definition) is 4. The molecule has 100 valence electrons. The van der Waals surface area contributed by atoms with Crippen molar-refractivity contribution in [2.45, 2.75) is 6.54 Å². The number of nitrogens with zero attached hydrogens (tertiary/aromatic N) is 1. The van der Waals surface area contributed by atoms with E-state index in [2.05, 4.69) is 21.2 Å². The summed E-state index contributed by atoms with van der Waals surface area (Å²) in [4.78, 5) is 10.6. The first-order chi connectivity index (χ1) is 8.97. The van der Waals surface area contributed by atoms with Gasteiger partial charge in [-0.15, -0.1) is 11.3 Å². The van der Waals surface area contributed by atoms with Crippen molar-refractivity contribution in [3.8, 4) is 0 Å². The number of anilines is 1. The molecule has 2 rings (SSSR count). The molecule has 1 aromatic carbocycles. The van der Waals surface area contributed by atoms with Gasteiger partial charge >= 0.3 is 5.69 Å². The molecule has 0 amide bonds. The third kappa shape index (κ3) is 3.27. The Labute approximate surface area is 119 Å². The maximum absolute atomic E-state index is 13.5. The lowest BCUT2D eigenvalue weighted by Crippen LogP contribution is -2.02. The summed E-state index contributed by atoms with van der Waals surface area (Å²) in [6.07, 6.45) is 0. The summed E-state index contributed by atoms with van der Waals surface area (Å²) < 4.78 is 27.5. The number of benzene rings is 1. The van der Waals surface area contributed by atoms with Gasteiger partial charge in [-0.1, -0.05) is 0 Å². The number of nitro groups is 1. The zero-order chi connectivity index (χ0) is 14.0. The molecule has 0 saturated heterocycles. The van der Waals surface area contributed by atoms with Gasteiger partial charge in [-0.25, -0.2) is 4.39 Å². The second-order valence-electron chi connectivity index (χ2n) is 3.60. The Morgan fingerprint density at radius 2 is 2.05 bits per heavy atom. The molecule has 0 aliphatic rings. The van der Waals surface area contributed by atoms with E-state index in [4.69, 9.17) is 0 Å². The molecule has 2 aromatic rings. The Balaban J connectivity index is 2.20. The molecule has 0 radical (unpaired) electrons. The summed E-state index contributed by atoms with van der Waals surface area (Å²) in [5.74, 6) is -2.05. The molecule has 4 nitrogen and oxygen atoms in total. The van der Waals surface area contributed by atoms with Crippen LogP contribution in [-0.4, -0.2) is 4.92 Å². The Bertz CT molecular complexity index is 633. The van der Waals surface area contributed by atoms with Gasteiger partial charge < -0.3 is 5.32 Å². The van der Waals surface area contributed by atoms with Gasteiger partial charge in [0.15, 0.2) is 0 Å². The number of nitro benzene ring substituents is 1. The highest BCUT2D eigenvalue weighted by atomic mass is 79.9. The predicted octanol–water partition coefficient (Wildman–Crippen LogP) is 4.31. The summed E-state index contributed by atoms with van der Waals surface area (Å²) in [5.41, 5.74) is -0.853. The lowest BCUT2D eigenvalue weighted by molar-refractivity contribution is -0.387. The molecule has 1 aromatic heterocycles. The molecule has 1 heterocycles. The molecular weight excluding hydrogens is 342 g/mol. The van der Waals surface area contributed by atoms with Crippen molar-refractivity contribution in [3.05, 3.63) is 54.7 Å². The van der Waals surface area contributed by atoms with Crippen molar-refractivity contribution in [3.63, 3.8) is 0 Å². The molecule has 1 N–H and O–H groups in total. The van der Waals surface area contributed by atoms with Crippen LogP contribution in [0.1, 0.15) is 4.88 Å². The maximum atomic E-state index is 13.5. The summed E-state index contributed by atoms with van der Waals surface area (Å²) in [7, 11) is 0. The standard InChI is InChI=1S/C11H7BrF2N2O2S/c12-11-2-1-6(19-11)5-15-9-4-10(16(17)18)8(14)3-7(9)13/h1-4,15H,5H2. The fourth-order valence-electron chi connectivity index (χ4n) is 1.44. The highest BCUT2D eigenvalue weighted by Crippen LogP contribution is 2.27. The Morgan fingerprint density at radius 1 is 1.32 bits per heavy atom. The summed E-state index contributed by atoms with van der Waals surface area (Å²) >= 11 is 4.74. The first-order valence-electron chi connectivity index (χ1n) is 5.09. The molecule has 0 spiro atoms. The van der Waals surface area contributed by atoms with E-state index < -0.39 is 22.2 Å². The van der Waals surface area contributed by atoms with E-state index in [0.717, 1.165) is 14.7 Å². The first kappa shape index (κ1) is 13.9. The highest BCUT2D eigenvalue weighted by Gasteiger charge is 2.18. The van der Waals surface area contributed by atoms with Crippen LogP contribution >= 0.6 is 27.3 Å². The van der Waals surface area contributed by atoms with Crippen molar-refractivity contribution < 1.29 is 13.7 Å². The van der Waals surface area contributed by atoms with E-state index in [-0.39, 0.29) is 5.69 Å². The number of halogens is 3. The van der Waals surface area contributed by atoms with Crippen LogP contribution in [0.5, 0.6) is 0 Å². The molecule has 0 saturated carbocycles. The fraction of sp³-hybridized carbons (Fsp3) is 0.0909. The number of thiophene rings is 1. The molecule has 19 heavy (non-hydrogen) atoms. The number of hydrogen-bond donors (Lipinski definition) is 1. The minimum absolute atomic E-state index is 0.0994. The van der Waals surface area contributed by atoms with Gasteiger partial charge in [0.05, 0.1) is 14.4 Å². The second kappa shape index (κ2) is 5.62. The first-order valence-corrected chi connectivity index (χ1v) is 6.70. The maximum Gasteiger partial charge on any atom is 0.307 e. The monoisotopic (exact) mass is 348 g/mol. The van der Waals surface area contributed by atoms with Crippen molar-refractivity contribution in [1.82, 2.24) is 0 Å². The highest BCUT2D eigenvalue weighted by molar-refractivity contribution is 9.11. The smallest absolute Gasteiger partial charge is 0.307 e. The van der Waals surface area contributed by atoms with Crippen molar-refractivity contribution in [2.24, 2.45) is 0 Å². The Kier molecular flexibility index (Phi) is 4.11. The van der Waals surface area contributed by atoms with Gasteiger partial charge in [0.25, 0.3) is 0 Å². The largest absolute Gasteiger partial charge is 0.378 e. The summed E-state index contributed by atoms with van der Waals surface area (Å²) in [6.45, 7) is 0.302. The van der Waals surface area contributed by atoms with Crippen LogP contribution < -0.4 is 5.32 Å². The molecule has 8 heteroatoms. The van der Waals surface area contributed by atoms with E-state index in [1.165, 1.54) is 11.3 Å². The number of rotatable bonds is 4. The number of nitrogens with one attached hydrogen (secondary N) is 1. The lowest BCUT2D eigenvalue weighted by Gasteiger charge is -2.06. The molecule has 0 atom stereocenters. The van der Waals surface area contributed by atoms with Crippen molar-refractivity contribution in [1.29, 1.82) is 0 Å². The van der Waals surface area contributed by atoms with Gasteiger partial charge in [0.2, 0.25) is 5.82 Å². The van der Waals surface area contributed by atoms with E-state index in [9.17, 15) is 18.9 Å². The minimum Gasteiger partial charge on any atom is -0.378 e. The topological polar surface area (TPSA) is 55.2 Å². The lowest BCUT2D eigenvalue weighted by atomic mass is 10.2. The SMILES string of the molecule is O=[N+]([O-])c1cc(NCc2ccc(Br)s2)c(F)cc1F. The van der Waals surface area contributed by atoms with Crippen LogP contribution in [0.2, 0.25) is 0 Å². The summed E-state index contributed by atoms with van der Waals surface area (Å²) in [6, 6.07) is 5.03. The zero-order valence-electron chi connectivity index (χ0n) is 9.32. The van der Waals surface area contributed by atoms with Gasteiger partial charge in [0, 0.05) is 23.6 Å². The van der Waals surface area contributed by atoms with Crippen LogP contribution in [0.3, 0.4) is 0 Å². The third-order valence-corrected chi connectivity index (χ3v) is 3.94. The quantitative estimate of drug-likeness (QED) is 0.661. The van der Waals surface area contributed by atoms with Crippen LogP contribution in [0.25, 0.3) is 0 Å². The van der Waals surface area contributed by atoms with Crippen LogP contribution in [0.15, 0.2) is 28.1 Å². The molecule has 0 unspecified atom stereocenters. The molecule has 0 aliphatic heterocycles. The van der Waals surface area contributed by atoms with Gasteiger partial charge in [-0.2, -0.15) is 4.39 Å². The van der Waals surface area contributed by atoms with Gasteiger partial charge in [-0.3, -0.25) is 10.1 Å². The molecule has 0 bridgehead atoms. The molecule has 0 fully saturated rings. The van der Waals surface area contributed by atoms with E-state index in [0.29, 0.717) is 12.6 Å². The average Bonchev–Trinajstić information content (AvgIpc) is 2.73. The van der Waals surface area contributed by atoms with Crippen LogP contribution in [-0.2, 0) is 6.54 Å². The predicted molar refractivity (Wildman–Crippen MR) is 72.4 cm³/mol. The molecule has 0 aliphatic carbocycles. The van der Waals surface area contributed by atoms with Crippen molar-refractivity contribution in [2.75, 3.05) is 5.32 Å². The van der Waals surface area contributed by atoms with E-state index in [1.54, 1.807) is 0 Å².